The molecule has 1 unspecified atom stereocenters. The van der Waals surface area contributed by atoms with Gasteiger partial charge in [0.1, 0.15) is 0 Å². The van der Waals surface area contributed by atoms with Crippen LogP contribution in [-0.2, 0) is 6.54 Å². The zero-order chi connectivity index (χ0) is 12.1. The van der Waals surface area contributed by atoms with Crippen molar-refractivity contribution < 1.29 is 0 Å². The van der Waals surface area contributed by atoms with Crippen LogP contribution >= 0.6 is 0 Å². The molecule has 0 aliphatic heterocycles. The minimum Gasteiger partial charge on any atom is -0.399 e. The Balaban J connectivity index is 2.40. The number of nitrogens with one attached hydrogen (secondary N) is 1. The molecular formula is C14H24N2. The maximum atomic E-state index is 5.87. The van der Waals surface area contributed by atoms with E-state index >= 15 is 0 Å². The molecule has 2 nitrogen and oxygen atoms in total. The normalized spacial score (nSPS) is 13.1. The standard InChI is InChI=1S/C14H24N2/c1-10(2)12(4)8-16-9-13-6-5-11(3)14(15)7-13/h5-7,10,12,16H,8-9,15H2,1-4H3. The number of hydrogen-bond acceptors (Lipinski definition) is 2. The summed E-state index contributed by atoms with van der Waals surface area (Å²) in [4.78, 5) is 0. The molecule has 0 spiro atoms. The Morgan fingerprint density at radius 2 is 1.94 bits per heavy atom. The number of benzene rings is 1. The van der Waals surface area contributed by atoms with Gasteiger partial charge in [0.2, 0.25) is 0 Å². The van der Waals surface area contributed by atoms with Crippen molar-refractivity contribution in [3.63, 3.8) is 0 Å². The first-order valence-electron chi connectivity index (χ1n) is 6.06. The van der Waals surface area contributed by atoms with Crippen LogP contribution < -0.4 is 11.1 Å². The molecule has 1 rings (SSSR count). The van der Waals surface area contributed by atoms with Gasteiger partial charge in [0.05, 0.1) is 0 Å². The third-order valence-corrected chi connectivity index (χ3v) is 3.28. The van der Waals surface area contributed by atoms with E-state index in [9.17, 15) is 0 Å². The molecule has 0 fully saturated rings. The Bertz CT molecular complexity index is 332. The van der Waals surface area contributed by atoms with E-state index in [0.717, 1.165) is 30.3 Å². The lowest BCUT2D eigenvalue weighted by Crippen LogP contribution is -2.23. The fraction of sp³-hybridized carbons (Fsp3) is 0.571. The van der Waals surface area contributed by atoms with Gasteiger partial charge < -0.3 is 11.1 Å². The zero-order valence-corrected chi connectivity index (χ0v) is 10.9. The molecule has 1 aromatic rings. The lowest BCUT2D eigenvalue weighted by molar-refractivity contribution is 0.392. The molecule has 0 aliphatic rings. The Morgan fingerprint density at radius 1 is 1.25 bits per heavy atom. The summed E-state index contributed by atoms with van der Waals surface area (Å²) in [7, 11) is 0. The number of hydrogen-bond donors (Lipinski definition) is 2. The van der Waals surface area contributed by atoms with Crippen molar-refractivity contribution in [3.05, 3.63) is 29.3 Å². The predicted molar refractivity (Wildman–Crippen MR) is 71.3 cm³/mol. The van der Waals surface area contributed by atoms with E-state index in [4.69, 9.17) is 5.73 Å². The molecule has 0 aliphatic carbocycles. The molecule has 3 N–H and O–H groups in total. The Morgan fingerprint density at radius 3 is 2.50 bits per heavy atom. The third-order valence-electron chi connectivity index (χ3n) is 3.28. The van der Waals surface area contributed by atoms with Crippen LogP contribution in [0.25, 0.3) is 0 Å². The van der Waals surface area contributed by atoms with Crippen LogP contribution in [0.2, 0.25) is 0 Å². The molecule has 1 aromatic carbocycles. The molecular weight excluding hydrogens is 196 g/mol. The summed E-state index contributed by atoms with van der Waals surface area (Å²) in [5, 5.41) is 3.47. The monoisotopic (exact) mass is 220 g/mol. The smallest absolute Gasteiger partial charge is 0.0346 e. The largest absolute Gasteiger partial charge is 0.399 e. The van der Waals surface area contributed by atoms with Gasteiger partial charge >= 0.3 is 0 Å². The molecule has 90 valence electrons. The molecule has 2 heteroatoms. The van der Waals surface area contributed by atoms with Crippen LogP contribution in [0.3, 0.4) is 0 Å². The first-order valence-corrected chi connectivity index (χ1v) is 6.06. The van der Waals surface area contributed by atoms with Crippen molar-refractivity contribution >= 4 is 5.69 Å². The lowest BCUT2D eigenvalue weighted by atomic mass is 9.98. The van der Waals surface area contributed by atoms with Gasteiger partial charge in [-0.05, 0) is 42.5 Å². The minimum absolute atomic E-state index is 0.711. The van der Waals surface area contributed by atoms with Crippen molar-refractivity contribution in [1.82, 2.24) is 5.32 Å². The van der Waals surface area contributed by atoms with Crippen LogP contribution in [0, 0.1) is 18.8 Å². The van der Waals surface area contributed by atoms with Gasteiger partial charge in [0, 0.05) is 12.2 Å². The van der Waals surface area contributed by atoms with Crippen LogP contribution in [0.1, 0.15) is 31.9 Å². The van der Waals surface area contributed by atoms with E-state index in [0.29, 0.717) is 5.92 Å². The molecule has 0 bridgehead atoms. The number of aryl methyl sites for hydroxylation is 1. The number of rotatable bonds is 5. The maximum absolute atomic E-state index is 5.87. The van der Waals surface area contributed by atoms with Crippen molar-refractivity contribution in [3.8, 4) is 0 Å². The van der Waals surface area contributed by atoms with E-state index in [1.165, 1.54) is 5.56 Å². The third kappa shape index (κ3) is 3.86. The van der Waals surface area contributed by atoms with Crippen molar-refractivity contribution in [1.29, 1.82) is 0 Å². The highest BCUT2D eigenvalue weighted by atomic mass is 14.9. The van der Waals surface area contributed by atoms with Crippen molar-refractivity contribution in [2.75, 3.05) is 12.3 Å². The second-order valence-corrected chi connectivity index (χ2v) is 5.04. The fourth-order valence-corrected chi connectivity index (χ4v) is 1.48. The number of nitrogen functional groups attached to an aromatic ring is 1. The second kappa shape index (κ2) is 5.90. The molecule has 1 atom stereocenters. The molecule has 0 amide bonds. The van der Waals surface area contributed by atoms with Crippen molar-refractivity contribution in [2.24, 2.45) is 11.8 Å². The SMILES string of the molecule is Cc1ccc(CNCC(C)C(C)C)cc1N. The first kappa shape index (κ1) is 13.0. The summed E-state index contributed by atoms with van der Waals surface area (Å²) < 4.78 is 0. The van der Waals surface area contributed by atoms with Gasteiger partial charge in [-0.1, -0.05) is 32.9 Å². The molecule has 0 radical (unpaired) electrons. The Hall–Kier alpha value is -1.02. The average Bonchev–Trinajstić information content (AvgIpc) is 2.23. The van der Waals surface area contributed by atoms with Crippen molar-refractivity contribution in [2.45, 2.75) is 34.2 Å². The summed E-state index contributed by atoms with van der Waals surface area (Å²) in [6.07, 6.45) is 0. The summed E-state index contributed by atoms with van der Waals surface area (Å²) >= 11 is 0. The van der Waals surface area contributed by atoms with E-state index in [1.807, 2.05) is 6.92 Å². The topological polar surface area (TPSA) is 38.0 Å². The number of nitrogens with two attached hydrogens (primary N) is 1. The van der Waals surface area contributed by atoms with Crippen LogP contribution in [-0.4, -0.2) is 6.54 Å². The van der Waals surface area contributed by atoms with E-state index in [1.54, 1.807) is 0 Å². The molecule has 0 saturated heterocycles. The Labute approximate surface area is 99.2 Å². The zero-order valence-electron chi connectivity index (χ0n) is 10.9. The number of anilines is 1. The molecule has 0 heterocycles. The first-order chi connectivity index (χ1) is 7.50. The van der Waals surface area contributed by atoms with Gasteiger partial charge in [-0.2, -0.15) is 0 Å². The van der Waals surface area contributed by atoms with Gasteiger partial charge in [-0.25, -0.2) is 0 Å². The molecule has 16 heavy (non-hydrogen) atoms. The van der Waals surface area contributed by atoms with Crippen LogP contribution in [0.4, 0.5) is 5.69 Å². The van der Waals surface area contributed by atoms with E-state index in [-0.39, 0.29) is 0 Å². The summed E-state index contributed by atoms with van der Waals surface area (Å²) in [6.45, 7) is 10.8. The lowest BCUT2D eigenvalue weighted by Gasteiger charge is -2.16. The second-order valence-electron chi connectivity index (χ2n) is 5.04. The summed E-state index contributed by atoms with van der Waals surface area (Å²) in [5.74, 6) is 1.44. The van der Waals surface area contributed by atoms with Gasteiger partial charge in [-0.15, -0.1) is 0 Å². The van der Waals surface area contributed by atoms with Gasteiger partial charge in [0.25, 0.3) is 0 Å². The minimum atomic E-state index is 0.711. The van der Waals surface area contributed by atoms with Gasteiger partial charge in [-0.3, -0.25) is 0 Å². The maximum Gasteiger partial charge on any atom is 0.0346 e. The van der Waals surface area contributed by atoms with E-state index in [2.05, 4.69) is 44.3 Å². The predicted octanol–water partition coefficient (Wildman–Crippen LogP) is 2.96. The van der Waals surface area contributed by atoms with Crippen LogP contribution in [0.5, 0.6) is 0 Å². The van der Waals surface area contributed by atoms with E-state index < -0.39 is 0 Å². The van der Waals surface area contributed by atoms with Crippen LogP contribution in [0.15, 0.2) is 18.2 Å². The highest BCUT2D eigenvalue weighted by molar-refractivity contribution is 5.48. The molecule has 0 aromatic heterocycles. The Kier molecular flexibility index (Phi) is 4.81. The summed E-state index contributed by atoms with van der Waals surface area (Å²) in [6, 6.07) is 6.28. The molecule has 0 saturated carbocycles. The highest BCUT2D eigenvalue weighted by Crippen LogP contribution is 2.13. The highest BCUT2D eigenvalue weighted by Gasteiger charge is 2.06. The quantitative estimate of drug-likeness (QED) is 0.749. The van der Waals surface area contributed by atoms with Gasteiger partial charge in [0.15, 0.2) is 0 Å². The fourth-order valence-electron chi connectivity index (χ4n) is 1.48. The average molecular weight is 220 g/mol. The summed E-state index contributed by atoms with van der Waals surface area (Å²) in [5.41, 5.74) is 9.17.